The molecule has 1 amide bonds. The first-order chi connectivity index (χ1) is 10.2. The highest BCUT2D eigenvalue weighted by Gasteiger charge is 2.13. The quantitative estimate of drug-likeness (QED) is 0.784. The number of hydrogen-bond donors (Lipinski definition) is 2. The molecule has 0 atom stereocenters. The van der Waals surface area contributed by atoms with Gasteiger partial charge in [-0.3, -0.25) is 4.79 Å². The van der Waals surface area contributed by atoms with E-state index in [4.69, 9.17) is 0 Å². The molecule has 2 aromatic rings. The van der Waals surface area contributed by atoms with E-state index >= 15 is 0 Å². The Labute approximate surface area is 137 Å². The number of halogens is 1. The number of pyridine rings is 1. The fourth-order valence-electron chi connectivity index (χ4n) is 1.85. The molecule has 0 saturated heterocycles. The van der Waals surface area contributed by atoms with Gasteiger partial charge < -0.3 is 10.6 Å². The van der Waals surface area contributed by atoms with E-state index in [1.807, 2.05) is 11.4 Å². The minimum absolute atomic E-state index is 0.0982. The molecule has 0 spiro atoms. The van der Waals surface area contributed by atoms with Gasteiger partial charge in [0.05, 0.1) is 5.56 Å². The van der Waals surface area contributed by atoms with Crippen molar-refractivity contribution in [1.82, 2.24) is 10.3 Å². The Morgan fingerprint density at radius 2 is 2.29 bits per heavy atom. The van der Waals surface area contributed by atoms with Gasteiger partial charge in [0.1, 0.15) is 5.82 Å². The van der Waals surface area contributed by atoms with E-state index < -0.39 is 0 Å². The van der Waals surface area contributed by atoms with Gasteiger partial charge in [0.2, 0.25) is 0 Å². The van der Waals surface area contributed by atoms with Gasteiger partial charge in [-0.1, -0.05) is 13.0 Å². The van der Waals surface area contributed by atoms with Crippen molar-refractivity contribution in [3.63, 3.8) is 0 Å². The van der Waals surface area contributed by atoms with Crippen LogP contribution in [0.2, 0.25) is 0 Å². The number of hydrogen-bond acceptors (Lipinski definition) is 4. The third-order valence-corrected chi connectivity index (χ3v) is 4.25. The van der Waals surface area contributed by atoms with Gasteiger partial charge in [-0.05, 0) is 46.3 Å². The van der Waals surface area contributed by atoms with Crippen LogP contribution in [0.5, 0.6) is 0 Å². The fourth-order valence-corrected chi connectivity index (χ4v) is 2.89. The molecule has 6 heteroatoms. The van der Waals surface area contributed by atoms with E-state index in [1.165, 1.54) is 4.88 Å². The first-order valence-electron chi connectivity index (χ1n) is 6.90. The highest BCUT2D eigenvalue weighted by molar-refractivity contribution is 9.10. The number of nitrogens with zero attached hydrogens (tertiary/aromatic N) is 1. The average molecular weight is 368 g/mol. The Hall–Kier alpha value is -1.40. The molecule has 21 heavy (non-hydrogen) atoms. The lowest BCUT2D eigenvalue weighted by Gasteiger charge is -2.11. The van der Waals surface area contributed by atoms with Crippen molar-refractivity contribution in [1.29, 1.82) is 0 Å². The summed E-state index contributed by atoms with van der Waals surface area (Å²) in [4.78, 5) is 17.8. The van der Waals surface area contributed by atoms with E-state index in [1.54, 1.807) is 23.6 Å². The highest BCUT2D eigenvalue weighted by atomic mass is 79.9. The number of aromatic nitrogens is 1. The van der Waals surface area contributed by atoms with E-state index in [0.717, 1.165) is 23.9 Å². The van der Waals surface area contributed by atoms with Crippen LogP contribution < -0.4 is 10.6 Å². The lowest BCUT2D eigenvalue weighted by molar-refractivity contribution is 0.0954. The zero-order valence-electron chi connectivity index (χ0n) is 11.9. The summed E-state index contributed by atoms with van der Waals surface area (Å²) in [6.07, 6.45) is 3.53. The molecule has 0 radical (unpaired) electrons. The third kappa shape index (κ3) is 4.82. The zero-order valence-corrected chi connectivity index (χ0v) is 14.3. The number of amides is 1. The van der Waals surface area contributed by atoms with Crippen molar-refractivity contribution in [3.05, 3.63) is 44.7 Å². The summed E-state index contributed by atoms with van der Waals surface area (Å²) in [7, 11) is 0. The summed E-state index contributed by atoms with van der Waals surface area (Å²) in [6, 6.07) is 5.89. The standard InChI is InChI=1S/C15H18BrN3OS/c1-2-6-17-14-13(9-11(16)10-19-14)15(20)18-7-5-12-4-3-8-21-12/h3-4,8-10H,2,5-7H2,1H3,(H,17,19)(H,18,20). The predicted octanol–water partition coefficient (Wildman–Crippen LogP) is 3.70. The van der Waals surface area contributed by atoms with Crippen LogP contribution in [-0.2, 0) is 6.42 Å². The second-order valence-corrected chi connectivity index (χ2v) is 6.51. The van der Waals surface area contributed by atoms with Crippen LogP contribution in [0.1, 0.15) is 28.6 Å². The van der Waals surface area contributed by atoms with Gasteiger partial charge in [0, 0.05) is 28.6 Å². The summed E-state index contributed by atoms with van der Waals surface area (Å²) in [5, 5.41) is 8.18. The molecule has 0 aromatic carbocycles. The Bertz CT molecular complexity index is 587. The summed E-state index contributed by atoms with van der Waals surface area (Å²) in [5.41, 5.74) is 0.573. The van der Waals surface area contributed by atoms with Gasteiger partial charge in [-0.2, -0.15) is 0 Å². The van der Waals surface area contributed by atoms with Gasteiger partial charge in [0.25, 0.3) is 5.91 Å². The van der Waals surface area contributed by atoms with Gasteiger partial charge in [-0.25, -0.2) is 4.98 Å². The summed E-state index contributed by atoms with van der Waals surface area (Å²) in [6.45, 7) is 3.50. The van der Waals surface area contributed by atoms with Crippen molar-refractivity contribution in [2.75, 3.05) is 18.4 Å². The molecule has 0 bridgehead atoms. The van der Waals surface area contributed by atoms with Crippen molar-refractivity contribution in [3.8, 4) is 0 Å². The maximum atomic E-state index is 12.3. The Kier molecular flexibility index (Phi) is 6.20. The zero-order chi connectivity index (χ0) is 15.1. The second kappa shape index (κ2) is 8.14. The smallest absolute Gasteiger partial charge is 0.255 e. The van der Waals surface area contributed by atoms with E-state index in [2.05, 4.69) is 44.5 Å². The number of nitrogens with one attached hydrogen (secondary N) is 2. The predicted molar refractivity (Wildman–Crippen MR) is 91.1 cm³/mol. The fraction of sp³-hybridized carbons (Fsp3) is 0.333. The normalized spacial score (nSPS) is 10.4. The minimum atomic E-state index is -0.0982. The van der Waals surface area contributed by atoms with Crippen LogP contribution in [0.3, 0.4) is 0 Å². The lowest BCUT2D eigenvalue weighted by atomic mass is 10.2. The molecule has 112 valence electrons. The lowest BCUT2D eigenvalue weighted by Crippen LogP contribution is -2.26. The van der Waals surface area contributed by atoms with E-state index in [-0.39, 0.29) is 5.91 Å². The molecule has 2 aromatic heterocycles. The van der Waals surface area contributed by atoms with Crippen LogP contribution >= 0.6 is 27.3 Å². The molecule has 2 heterocycles. The van der Waals surface area contributed by atoms with Crippen LogP contribution in [0.15, 0.2) is 34.2 Å². The molecule has 0 saturated carbocycles. The maximum Gasteiger partial charge on any atom is 0.255 e. The van der Waals surface area contributed by atoms with Crippen LogP contribution in [-0.4, -0.2) is 24.0 Å². The van der Waals surface area contributed by atoms with Gasteiger partial charge >= 0.3 is 0 Å². The van der Waals surface area contributed by atoms with Crippen molar-refractivity contribution < 1.29 is 4.79 Å². The van der Waals surface area contributed by atoms with Crippen molar-refractivity contribution in [2.24, 2.45) is 0 Å². The molecular formula is C15H18BrN3OS. The number of rotatable bonds is 7. The Morgan fingerprint density at radius 1 is 1.43 bits per heavy atom. The monoisotopic (exact) mass is 367 g/mol. The number of anilines is 1. The summed E-state index contributed by atoms with van der Waals surface area (Å²) >= 11 is 5.07. The highest BCUT2D eigenvalue weighted by Crippen LogP contribution is 2.18. The molecule has 0 aliphatic heterocycles. The molecule has 0 unspecified atom stereocenters. The average Bonchev–Trinajstić information content (AvgIpc) is 2.99. The van der Waals surface area contributed by atoms with Gasteiger partial charge in [0.15, 0.2) is 0 Å². The molecule has 2 rings (SSSR count). The Morgan fingerprint density at radius 3 is 3.00 bits per heavy atom. The molecule has 4 nitrogen and oxygen atoms in total. The number of carbonyl (C=O) groups excluding carboxylic acids is 1. The van der Waals surface area contributed by atoms with Crippen LogP contribution in [0, 0.1) is 0 Å². The number of thiophene rings is 1. The maximum absolute atomic E-state index is 12.3. The third-order valence-electron chi connectivity index (χ3n) is 2.88. The van der Waals surface area contributed by atoms with Crippen molar-refractivity contribution >= 4 is 39.0 Å². The molecule has 2 N–H and O–H groups in total. The second-order valence-electron chi connectivity index (χ2n) is 4.56. The first kappa shape index (κ1) is 16.0. The molecule has 0 aliphatic rings. The van der Waals surface area contributed by atoms with E-state index in [9.17, 15) is 4.79 Å². The molecular weight excluding hydrogens is 350 g/mol. The molecule has 0 aliphatic carbocycles. The summed E-state index contributed by atoms with van der Waals surface area (Å²) < 4.78 is 0.799. The largest absolute Gasteiger partial charge is 0.369 e. The summed E-state index contributed by atoms with van der Waals surface area (Å²) in [5.74, 6) is 0.535. The topological polar surface area (TPSA) is 54.0 Å². The number of carbonyl (C=O) groups is 1. The van der Waals surface area contributed by atoms with Gasteiger partial charge in [-0.15, -0.1) is 11.3 Å². The van der Waals surface area contributed by atoms with Crippen LogP contribution in [0.25, 0.3) is 0 Å². The molecule has 0 fully saturated rings. The SMILES string of the molecule is CCCNc1ncc(Br)cc1C(=O)NCCc1cccs1. The van der Waals surface area contributed by atoms with Crippen LogP contribution in [0.4, 0.5) is 5.82 Å². The minimum Gasteiger partial charge on any atom is -0.369 e. The Balaban J connectivity index is 1.98. The first-order valence-corrected chi connectivity index (χ1v) is 8.58. The van der Waals surface area contributed by atoms with Crippen molar-refractivity contribution in [2.45, 2.75) is 19.8 Å². The van der Waals surface area contributed by atoms with E-state index in [0.29, 0.717) is 17.9 Å².